The second kappa shape index (κ2) is 12.2. The molecule has 2 heteroatoms. The molecule has 1 unspecified atom stereocenters. The van der Waals surface area contributed by atoms with Gasteiger partial charge in [-0.25, -0.2) is 0 Å². The van der Waals surface area contributed by atoms with Crippen molar-refractivity contribution in [3.63, 3.8) is 0 Å². The van der Waals surface area contributed by atoms with E-state index in [0.717, 1.165) is 54.4 Å². The Hall–Kier alpha value is -2.22. The fourth-order valence-electron chi connectivity index (χ4n) is 6.26. The monoisotopic (exact) mass is 558 g/mol. The Morgan fingerprint density at radius 3 is 1.54 bits per heavy atom. The van der Waals surface area contributed by atoms with Crippen molar-refractivity contribution < 1.29 is 9.59 Å². The molecule has 0 aromatic carbocycles. The number of hydrogen-bond donors (Lipinski definition) is 0. The first kappa shape index (κ1) is 33.3. The van der Waals surface area contributed by atoms with E-state index in [1.807, 2.05) is 0 Å². The van der Waals surface area contributed by atoms with Crippen LogP contribution in [0.15, 0.2) is 68.9 Å². The van der Waals surface area contributed by atoms with E-state index in [-0.39, 0.29) is 33.2 Å². The molecule has 0 radical (unpaired) electrons. The Bertz CT molecular complexity index is 1250. The summed E-state index contributed by atoms with van der Waals surface area (Å²) in [5.41, 5.74) is 9.00. The molecule has 0 bridgehead atoms. The van der Waals surface area contributed by atoms with E-state index in [1.165, 1.54) is 22.3 Å². The van der Waals surface area contributed by atoms with E-state index in [2.05, 4.69) is 107 Å². The second-order valence-electron chi connectivity index (χ2n) is 15.9. The van der Waals surface area contributed by atoms with E-state index >= 15 is 0 Å². The van der Waals surface area contributed by atoms with Gasteiger partial charge in [0, 0.05) is 22.3 Å². The van der Waals surface area contributed by atoms with Crippen molar-refractivity contribution in [1.82, 2.24) is 0 Å². The van der Waals surface area contributed by atoms with E-state index in [4.69, 9.17) is 0 Å². The van der Waals surface area contributed by atoms with Crippen LogP contribution in [0.25, 0.3) is 0 Å². The van der Waals surface area contributed by atoms with Crippen molar-refractivity contribution in [3.8, 4) is 0 Å². The highest BCUT2D eigenvalue weighted by Crippen LogP contribution is 2.48. The molecule has 3 aliphatic rings. The highest BCUT2D eigenvalue weighted by atomic mass is 16.1. The first-order chi connectivity index (χ1) is 18.8. The third-order valence-electron chi connectivity index (χ3n) is 10.8. The molecular formula is C39H58O2. The largest absolute Gasteiger partial charge is 0.289 e. The van der Waals surface area contributed by atoms with Gasteiger partial charge in [-0.05, 0) is 93.3 Å². The second-order valence-corrected chi connectivity index (χ2v) is 15.9. The van der Waals surface area contributed by atoms with Crippen LogP contribution in [0, 0.1) is 21.7 Å². The molecule has 3 rings (SSSR count). The maximum Gasteiger partial charge on any atom is 0.186 e. The lowest BCUT2D eigenvalue weighted by molar-refractivity contribution is -0.117. The number of carbonyl (C=O) groups excluding carboxylic acids is 2. The van der Waals surface area contributed by atoms with Gasteiger partial charge in [0.25, 0.3) is 0 Å². The molecular weight excluding hydrogens is 500 g/mol. The molecule has 0 saturated carbocycles. The van der Waals surface area contributed by atoms with Crippen molar-refractivity contribution in [2.24, 2.45) is 21.7 Å². The molecule has 41 heavy (non-hydrogen) atoms. The minimum absolute atomic E-state index is 0.0116. The van der Waals surface area contributed by atoms with Crippen LogP contribution in [-0.4, -0.2) is 11.6 Å². The number of allylic oxidation sites excluding steroid dienone is 12. The van der Waals surface area contributed by atoms with Crippen LogP contribution in [0.2, 0.25) is 0 Å². The molecule has 0 aromatic rings. The van der Waals surface area contributed by atoms with Gasteiger partial charge in [0.1, 0.15) is 0 Å². The van der Waals surface area contributed by atoms with E-state index in [1.54, 1.807) is 0 Å². The fourth-order valence-corrected chi connectivity index (χ4v) is 6.26. The van der Waals surface area contributed by atoms with Gasteiger partial charge in [-0.2, -0.15) is 0 Å². The zero-order valence-electron chi connectivity index (χ0n) is 28.5. The van der Waals surface area contributed by atoms with Crippen molar-refractivity contribution in [2.75, 3.05) is 0 Å². The molecule has 0 aliphatic heterocycles. The molecule has 1 atom stereocenters. The maximum atomic E-state index is 14.1. The van der Waals surface area contributed by atoms with Gasteiger partial charge < -0.3 is 0 Å². The lowest BCUT2D eigenvalue weighted by Crippen LogP contribution is -2.31. The Morgan fingerprint density at radius 1 is 0.659 bits per heavy atom. The van der Waals surface area contributed by atoms with Crippen molar-refractivity contribution in [2.45, 2.75) is 141 Å². The normalized spacial score (nSPS) is 21.0. The van der Waals surface area contributed by atoms with Crippen molar-refractivity contribution in [1.29, 1.82) is 0 Å². The number of ketones is 2. The molecule has 0 aromatic heterocycles. The van der Waals surface area contributed by atoms with Crippen LogP contribution in [-0.2, 0) is 9.59 Å². The minimum atomic E-state index is -0.0116. The molecule has 0 N–H and O–H groups in total. The number of Topliss-reactive ketones (excluding diaryl/α,β-unsaturated/α-hetero) is 2. The summed E-state index contributed by atoms with van der Waals surface area (Å²) >= 11 is 0. The predicted molar refractivity (Wildman–Crippen MR) is 176 cm³/mol. The summed E-state index contributed by atoms with van der Waals surface area (Å²) in [6.07, 6.45) is 16.9. The Labute approximate surface area is 252 Å². The van der Waals surface area contributed by atoms with Crippen LogP contribution in [0.3, 0.4) is 0 Å². The zero-order valence-corrected chi connectivity index (χ0v) is 28.5. The molecule has 0 amide bonds. The summed E-state index contributed by atoms with van der Waals surface area (Å²) in [5, 5.41) is 0. The van der Waals surface area contributed by atoms with Crippen molar-refractivity contribution >= 4 is 11.6 Å². The van der Waals surface area contributed by atoms with Gasteiger partial charge in [0.15, 0.2) is 11.6 Å². The molecule has 0 heterocycles. The Balaban J connectivity index is 1.75. The van der Waals surface area contributed by atoms with Crippen LogP contribution >= 0.6 is 0 Å². The number of rotatable bonds is 9. The van der Waals surface area contributed by atoms with Crippen LogP contribution in [0.1, 0.15) is 141 Å². The Morgan fingerprint density at radius 2 is 1.07 bits per heavy atom. The van der Waals surface area contributed by atoms with Gasteiger partial charge in [-0.15, -0.1) is 0 Å². The zero-order chi connectivity index (χ0) is 31.0. The number of carbonyl (C=O) groups is 2. The highest BCUT2D eigenvalue weighted by molar-refractivity contribution is 6.26. The standard InChI is InChI=1S/C39H58O2/c1-13-39(12,23-15-17-27(3)37(7,8)9)29-19-21-31-33(25-29)35(41)32-24-28(18-20-30(32)34(31)40)38(10,11)22-14-16-26(2)36(4,5)6/h16-19H,13-15,20-25H2,1-12H3. The van der Waals surface area contributed by atoms with Crippen LogP contribution < -0.4 is 0 Å². The fraction of sp³-hybridized carbons (Fsp3) is 0.641. The molecule has 0 saturated heterocycles. The van der Waals surface area contributed by atoms with E-state index < -0.39 is 0 Å². The molecule has 226 valence electrons. The SMILES string of the molecule is CCC(C)(CCC=C(C)C(C)(C)C)C1=CCC2=C(C1)C(=O)C1=C(CC=C(C(C)(C)CCC=C(C)C(C)(C)C)C1)C2=O. The Kier molecular flexibility index (Phi) is 9.89. The molecule has 0 fully saturated rings. The molecule has 2 nitrogen and oxygen atoms in total. The first-order valence-corrected chi connectivity index (χ1v) is 16.1. The quantitative estimate of drug-likeness (QED) is 0.208. The predicted octanol–water partition coefficient (Wildman–Crippen LogP) is 11.2. The third kappa shape index (κ3) is 7.41. The molecule has 0 spiro atoms. The lowest BCUT2D eigenvalue weighted by atomic mass is 9.65. The van der Waals surface area contributed by atoms with Gasteiger partial charge in [0.05, 0.1) is 0 Å². The van der Waals surface area contributed by atoms with Crippen molar-refractivity contribution in [3.05, 3.63) is 68.9 Å². The van der Waals surface area contributed by atoms with Crippen LogP contribution in [0.5, 0.6) is 0 Å². The minimum Gasteiger partial charge on any atom is -0.289 e. The lowest BCUT2D eigenvalue weighted by Gasteiger charge is -2.38. The topological polar surface area (TPSA) is 34.1 Å². The van der Waals surface area contributed by atoms with E-state index in [0.29, 0.717) is 25.7 Å². The molecule has 3 aliphatic carbocycles. The summed E-state index contributed by atoms with van der Waals surface area (Å²) in [6.45, 7) is 27.2. The summed E-state index contributed by atoms with van der Waals surface area (Å²) in [4.78, 5) is 27.7. The highest BCUT2D eigenvalue weighted by Gasteiger charge is 2.40. The smallest absolute Gasteiger partial charge is 0.186 e. The van der Waals surface area contributed by atoms with Gasteiger partial charge in [0.2, 0.25) is 0 Å². The van der Waals surface area contributed by atoms with Gasteiger partial charge in [-0.3, -0.25) is 9.59 Å². The third-order valence-corrected chi connectivity index (χ3v) is 10.8. The summed E-state index contributed by atoms with van der Waals surface area (Å²) in [5.74, 6) is 0.274. The summed E-state index contributed by atoms with van der Waals surface area (Å²) in [7, 11) is 0. The van der Waals surface area contributed by atoms with Gasteiger partial charge in [-0.1, -0.05) is 116 Å². The average molecular weight is 559 g/mol. The summed E-state index contributed by atoms with van der Waals surface area (Å²) in [6, 6.07) is 0. The van der Waals surface area contributed by atoms with E-state index in [9.17, 15) is 9.59 Å². The summed E-state index contributed by atoms with van der Waals surface area (Å²) < 4.78 is 0. The maximum absolute atomic E-state index is 14.1. The number of hydrogen-bond acceptors (Lipinski definition) is 2. The van der Waals surface area contributed by atoms with Gasteiger partial charge >= 0.3 is 0 Å². The van der Waals surface area contributed by atoms with Crippen LogP contribution in [0.4, 0.5) is 0 Å². The first-order valence-electron chi connectivity index (χ1n) is 16.1. The average Bonchev–Trinajstić information content (AvgIpc) is 2.89.